The highest BCUT2D eigenvalue weighted by Crippen LogP contribution is 2.14. The Morgan fingerprint density at radius 3 is 2.93 bits per heavy atom. The summed E-state index contributed by atoms with van der Waals surface area (Å²) in [6.07, 6.45) is 4.75. The molecule has 1 aliphatic heterocycles. The molecule has 0 aliphatic carbocycles. The molecule has 0 radical (unpaired) electrons. The third-order valence-electron chi connectivity index (χ3n) is 4.18. The van der Waals surface area contributed by atoms with Crippen molar-refractivity contribution in [3.63, 3.8) is 0 Å². The molecule has 0 saturated carbocycles. The van der Waals surface area contributed by atoms with Crippen molar-refractivity contribution in [2.24, 2.45) is 0 Å². The lowest BCUT2D eigenvalue weighted by Gasteiger charge is -2.27. The van der Waals surface area contributed by atoms with E-state index in [1.54, 1.807) is 17.0 Å². The fourth-order valence-corrected chi connectivity index (χ4v) is 2.63. The fourth-order valence-electron chi connectivity index (χ4n) is 2.63. The highest BCUT2D eigenvalue weighted by atomic mass is 16.7. The van der Waals surface area contributed by atoms with Crippen molar-refractivity contribution in [1.82, 2.24) is 25.0 Å². The zero-order chi connectivity index (χ0) is 24.8. The Morgan fingerprint density at radius 1 is 1.50 bits per heavy atom. The maximum absolute atomic E-state index is 12.6. The first-order chi connectivity index (χ1) is 15.5. The van der Waals surface area contributed by atoms with E-state index in [2.05, 4.69) is 16.9 Å². The highest BCUT2D eigenvalue weighted by molar-refractivity contribution is 6.01. The van der Waals surface area contributed by atoms with Gasteiger partial charge < -0.3 is 4.84 Å². The van der Waals surface area contributed by atoms with Gasteiger partial charge in [0.1, 0.15) is 6.04 Å². The zero-order valence-electron chi connectivity index (χ0n) is 20.8. The minimum absolute atomic E-state index is 0.0262. The number of aromatic nitrogens is 3. The molecule has 2 amide bonds. The molecule has 9 nitrogen and oxygen atoms in total. The molecule has 1 aromatic rings. The standard InChI is InChI=1S/C19H27N5O4/c1-4-11-22(13-7-6-8-16-14-23(12-5-2)21-20-16)15(3)19(27)28-24-17(25)9-10-18(24)26/h4-5,14-15H,1-2,6-13H2,3H3/t15-/m0/s1/i1D2,4D,11D2. The number of unbranched alkanes of at least 4 members (excludes halogenated alkanes) is 1. The van der Waals surface area contributed by atoms with Gasteiger partial charge in [-0.25, -0.2) is 9.48 Å². The number of aryl methyl sites for hydroxylation is 1. The van der Waals surface area contributed by atoms with Crippen LogP contribution in [0.2, 0.25) is 0 Å². The molecule has 0 bridgehead atoms. The van der Waals surface area contributed by atoms with Crippen LogP contribution in [0.3, 0.4) is 0 Å². The molecule has 2 rings (SSSR count). The summed E-state index contributed by atoms with van der Waals surface area (Å²) in [4.78, 5) is 42.0. The molecule has 9 heteroatoms. The van der Waals surface area contributed by atoms with Gasteiger partial charge in [0.05, 0.1) is 16.4 Å². The third kappa shape index (κ3) is 5.85. The minimum atomic E-state index is -2.64. The van der Waals surface area contributed by atoms with Gasteiger partial charge in [0.15, 0.2) is 0 Å². The molecule has 28 heavy (non-hydrogen) atoms. The second-order valence-electron chi connectivity index (χ2n) is 6.28. The second-order valence-corrected chi connectivity index (χ2v) is 6.28. The molecule has 1 saturated heterocycles. The Morgan fingerprint density at radius 2 is 2.25 bits per heavy atom. The molecule has 2 heterocycles. The molecule has 0 aromatic carbocycles. The quantitative estimate of drug-likeness (QED) is 0.299. The predicted molar refractivity (Wildman–Crippen MR) is 102 cm³/mol. The van der Waals surface area contributed by atoms with Gasteiger partial charge in [-0.2, -0.15) is 0 Å². The van der Waals surface area contributed by atoms with Crippen LogP contribution in [-0.4, -0.2) is 61.8 Å². The molecule has 152 valence electrons. The van der Waals surface area contributed by atoms with E-state index < -0.39 is 42.9 Å². The van der Waals surface area contributed by atoms with Crippen molar-refractivity contribution in [1.29, 1.82) is 0 Å². The number of allylic oxidation sites excluding steroid dienone is 1. The largest absolute Gasteiger partial charge is 0.349 e. The Labute approximate surface area is 171 Å². The van der Waals surface area contributed by atoms with Gasteiger partial charge in [0.2, 0.25) is 0 Å². The van der Waals surface area contributed by atoms with E-state index in [1.165, 1.54) is 6.92 Å². The number of carbonyl (C=O) groups is 3. The SMILES string of the molecule is [2H]C([2H])=C([2H])C([2H])([2H])N(CCCCc1cn(CC=C)nn1)[C@@H](C)C(=O)ON1C(=O)CCC1=O. The van der Waals surface area contributed by atoms with Crippen LogP contribution < -0.4 is 0 Å². The molecular formula is C19H27N5O4. The number of imide groups is 1. The smallest absolute Gasteiger partial charge is 0.329 e. The lowest BCUT2D eigenvalue weighted by molar-refractivity contribution is -0.200. The van der Waals surface area contributed by atoms with Gasteiger partial charge in [0.25, 0.3) is 11.8 Å². The monoisotopic (exact) mass is 394 g/mol. The van der Waals surface area contributed by atoms with Crippen LogP contribution in [-0.2, 0) is 32.2 Å². The summed E-state index contributed by atoms with van der Waals surface area (Å²) in [6.45, 7) is 1.76. The summed E-state index contributed by atoms with van der Waals surface area (Å²) < 4.78 is 40.7. The van der Waals surface area contributed by atoms with Gasteiger partial charge in [-0.15, -0.1) is 23.3 Å². The summed E-state index contributed by atoms with van der Waals surface area (Å²) in [5.41, 5.74) is 0.727. The zero-order valence-corrected chi connectivity index (χ0v) is 15.8. The average Bonchev–Trinajstić information content (AvgIpc) is 3.33. The normalized spacial score (nSPS) is 18.1. The number of nitrogens with zero attached hydrogens (tertiary/aromatic N) is 5. The van der Waals surface area contributed by atoms with Crippen molar-refractivity contribution >= 4 is 17.8 Å². The Kier molecular flexibility index (Phi) is 5.68. The van der Waals surface area contributed by atoms with Gasteiger partial charge >= 0.3 is 5.97 Å². The highest BCUT2D eigenvalue weighted by Gasteiger charge is 2.35. The molecular weight excluding hydrogens is 362 g/mol. The first-order valence-corrected chi connectivity index (χ1v) is 8.97. The van der Waals surface area contributed by atoms with E-state index >= 15 is 0 Å². The van der Waals surface area contributed by atoms with Crippen molar-refractivity contribution < 1.29 is 26.1 Å². The number of hydroxylamine groups is 2. The molecule has 1 fully saturated rings. The van der Waals surface area contributed by atoms with Crippen LogP contribution in [0.15, 0.2) is 31.4 Å². The fraction of sp³-hybridized carbons (Fsp3) is 0.526. The summed E-state index contributed by atoms with van der Waals surface area (Å²) in [5, 5.41) is 8.35. The average molecular weight is 394 g/mol. The lowest BCUT2D eigenvalue weighted by Crippen LogP contribution is -2.44. The van der Waals surface area contributed by atoms with Crippen LogP contribution >= 0.6 is 0 Å². The van der Waals surface area contributed by atoms with Gasteiger partial charge in [0, 0.05) is 28.3 Å². The molecule has 0 spiro atoms. The van der Waals surface area contributed by atoms with Crippen molar-refractivity contribution in [2.45, 2.75) is 51.6 Å². The van der Waals surface area contributed by atoms with E-state index in [1.807, 2.05) is 0 Å². The van der Waals surface area contributed by atoms with Crippen molar-refractivity contribution in [3.05, 3.63) is 37.1 Å². The number of carbonyl (C=O) groups excluding carboxylic acids is 3. The maximum Gasteiger partial charge on any atom is 0.349 e. The third-order valence-corrected chi connectivity index (χ3v) is 4.18. The predicted octanol–water partition coefficient (Wildman–Crippen LogP) is 1.27. The van der Waals surface area contributed by atoms with Crippen LogP contribution in [0.4, 0.5) is 0 Å². The van der Waals surface area contributed by atoms with Crippen LogP contribution in [0.5, 0.6) is 0 Å². The van der Waals surface area contributed by atoms with Crippen molar-refractivity contribution in [3.8, 4) is 0 Å². The first kappa shape index (κ1) is 15.2. The molecule has 1 aliphatic rings. The van der Waals surface area contributed by atoms with Crippen LogP contribution in [0.1, 0.15) is 45.2 Å². The molecule has 1 atom stereocenters. The Balaban J connectivity index is 2.09. The summed E-state index contributed by atoms with van der Waals surface area (Å²) in [7, 11) is 0. The van der Waals surface area contributed by atoms with Crippen molar-refractivity contribution in [2.75, 3.05) is 13.0 Å². The maximum atomic E-state index is 12.6. The van der Waals surface area contributed by atoms with E-state index in [0.29, 0.717) is 30.9 Å². The number of amides is 2. The summed E-state index contributed by atoms with van der Waals surface area (Å²) in [6, 6.07) is -2.24. The van der Waals surface area contributed by atoms with Gasteiger partial charge in [-0.05, 0) is 32.7 Å². The first-order valence-electron chi connectivity index (χ1n) is 11.5. The number of hydrogen-bond acceptors (Lipinski definition) is 7. The number of rotatable bonds is 12. The Hall–Kier alpha value is -2.81. The molecule has 0 unspecified atom stereocenters. The van der Waals surface area contributed by atoms with Crippen LogP contribution in [0, 0.1) is 0 Å². The topological polar surface area (TPSA) is 97.6 Å². The Bertz CT molecular complexity index is 915. The lowest BCUT2D eigenvalue weighted by atomic mass is 10.1. The van der Waals surface area contributed by atoms with Crippen LogP contribution in [0.25, 0.3) is 0 Å². The van der Waals surface area contributed by atoms with E-state index in [4.69, 9.17) is 11.7 Å². The second kappa shape index (κ2) is 10.5. The molecule has 0 N–H and O–H groups in total. The summed E-state index contributed by atoms with van der Waals surface area (Å²) >= 11 is 0. The van der Waals surface area contributed by atoms with Gasteiger partial charge in [-0.1, -0.05) is 17.3 Å². The van der Waals surface area contributed by atoms with E-state index in [-0.39, 0.29) is 19.4 Å². The number of hydrogen-bond donors (Lipinski definition) is 0. The minimum Gasteiger partial charge on any atom is -0.329 e. The van der Waals surface area contributed by atoms with E-state index in [9.17, 15) is 14.4 Å². The molecule has 1 aromatic heterocycles. The van der Waals surface area contributed by atoms with Gasteiger partial charge in [-0.3, -0.25) is 14.5 Å². The summed E-state index contributed by atoms with van der Waals surface area (Å²) in [5.74, 6) is -2.39. The van der Waals surface area contributed by atoms with E-state index in [0.717, 1.165) is 10.6 Å².